The lowest BCUT2D eigenvalue weighted by Gasteiger charge is -2.21. The highest BCUT2D eigenvalue weighted by atomic mass is 16.5. The van der Waals surface area contributed by atoms with Gasteiger partial charge in [0.1, 0.15) is 6.04 Å². The minimum absolute atomic E-state index is 0.0813. The molecule has 18 heavy (non-hydrogen) atoms. The van der Waals surface area contributed by atoms with Gasteiger partial charge in [-0.3, -0.25) is 14.7 Å². The molecule has 0 amide bonds. The second-order valence-corrected chi connectivity index (χ2v) is 4.38. The molecule has 1 aromatic rings. The molecule has 5 nitrogen and oxygen atoms in total. The summed E-state index contributed by atoms with van der Waals surface area (Å²) in [5.74, 6) is -0.203. The Morgan fingerprint density at radius 1 is 1.50 bits per heavy atom. The van der Waals surface area contributed by atoms with Crippen LogP contribution < -0.4 is 0 Å². The Kier molecular flexibility index (Phi) is 4.28. The van der Waals surface area contributed by atoms with Crippen LogP contribution in [-0.2, 0) is 20.8 Å². The molecule has 0 bridgehead atoms. The number of esters is 1. The van der Waals surface area contributed by atoms with Gasteiger partial charge in [-0.15, -0.1) is 0 Å². The van der Waals surface area contributed by atoms with Gasteiger partial charge >= 0.3 is 5.97 Å². The number of hydrogen-bond donors (Lipinski definition) is 0. The van der Waals surface area contributed by atoms with Crippen molar-refractivity contribution in [2.24, 2.45) is 0 Å². The van der Waals surface area contributed by atoms with Crippen LogP contribution in [0.25, 0.3) is 0 Å². The van der Waals surface area contributed by atoms with Crippen molar-refractivity contribution in [3.05, 3.63) is 30.1 Å². The standard InChI is InChI=1S/C13H18N2O3/c1-17-11-7-12(13(16)18-2)15(9-11)8-10-5-3-4-6-14-10/h3-6,11-12H,7-9H2,1-2H3/t11-,12+/m0/s1. The maximum Gasteiger partial charge on any atom is 0.323 e. The highest BCUT2D eigenvalue weighted by Crippen LogP contribution is 2.22. The van der Waals surface area contributed by atoms with Crippen LogP contribution in [0.3, 0.4) is 0 Å². The summed E-state index contributed by atoms with van der Waals surface area (Å²) in [7, 11) is 3.09. The molecule has 0 aromatic carbocycles. The molecule has 98 valence electrons. The summed E-state index contributed by atoms with van der Waals surface area (Å²) >= 11 is 0. The number of carbonyl (C=O) groups excluding carboxylic acids is 1. The van der Waals surface area contributed by atoms with Crippen LogP contribution in [0.15, 0.2) is 24.4 Å². The number of nitrogens with zero attached hydrogens (tertiary/aromatic N) is 2. The first kappa shape index (κ1) is 13.0. The number of rotatable bonds is 4. The SMILES string of the molecule is COC(=O)[C@H]1C[C@H](OC)CN1Cc1ccccn1. The minimum atomic E-state index is -0.234. The fourth-order valence-electron chi connectivity index (χ4n) is 2.29. The number of aromatic nitrogens is 1. The second-order valence-electron chi connectivity index (χ2n) is 4.38. The third kappa shape index (κ3) is 2.86. The number of likely N-dealkylation sites (tertiary alicyclic amines) is 1. The van der Waals surface area contributed by atoms with Gasteiger partial charge < -0.3 is 9.47 Å². The summed E-state index contributed by atoms with van der Waals surface area (Å²) in [5, 5.41) is 0. The summed E-state index contributed by atoms with van der Waals surface area (Å²) in [6.45, 7) is 1.37. The monoisotopic (exact) mass is 250 g/mol. The van der Waals surface area contributed by atoms with Gasteiger partial charge in [-0.2, -0.15) is 0 Å². The van der Waals surface area contributed by atoms with Crippen molar-refractivity contribution in [2.75, 3.05) is 20.8 Å². The maximum atomic E-state index is 11.7. The topological polar surface area (TPSA) is 51.7 Å². The van der Waals surface area contributed by atoms with E-state index in [2.05, 4.69) is 9.88 Å². The molecule has 1 aromatic heterocycles. The second kappa shape index (κ2) is 5.93. The molecule has 0 saturated carbocycles. The van der Waals surface area contributed by atoms with Gasteiger partial charge in [0.25, 0.3) is 0 Å². The molecule has 0 aliphatic carbocycles. The quantitative estimate of drug-likeness (QED) is 0.741. The first-order chi connectivity index (χ1) is 8.74. The molecular formula is C13H18N2O3. The Labute approximate surface area is 107 Å². The maximum absolute atomic E-state index is 11.7. The van der Waals surface area contributed by atoms with Gasteiger partial charge in [0.15, 0.2) is 0 Å². The van der Waals surface area contributed by atoms with Crippen molar-refractivity contribution in [3.8, 4) is 0 Å². The third-order valence-electron chi connectivity index (χ3n) is 3.26. The van der Waals surface area contributed by atoms with Crippen LogP contribution in [-0.4, -0.2) is 48.8 Å². The summed E-state index contributed by atoms with van der Waals surface area (Å²) in [4.78, 5) is 18.1. The molecule has 1 aliphatic rings. The molecule has 1 fully saturated rings. The van der Waals surface area contributed by atoms with E-state index in [1.54, 1.807) is 13.3 Å². The van der Waals surface area contributed by atoms with Crippen LogP contribution in [0.5, 0.6) is 0 Å². The van der Waals surface area contributed by atoms with E-state index in [1.165, 1.54) is 7.11 Å². The fraction of sp³-hybridized carbons (Fsp3) is 0.538. The lowest BCUT2D eigenvalue weighted by Crippen LogP contribution is -2.36. The molecule has 5 heteroatoms. The largest absolute Gasteiger partial charge is 0.468 e. The van der Waals surface area contributed by atoms with Crippen molar-refractivity contribution in [1.29, 1.82) is 0 Å². The first-order valence-electron chi connectivity index (χ1n) is 5.99. The van der Waals surface area contributed by atoms with Gasteiger partial charge in [0, 0.05) is 32.8 Å². The zero-order valence-electron chi connectivity index (χ0n) is 10.7. The molecule has 0 N–H and O–H groups in total. The average molecular weight is 250 g/mol. The summed E-state index contributed by atoms with van der Waals surface area (Å²) in [6, 6.07) is 5.54. The average Bonchev–Trinajstić information content (AvgIpc) is 2.82. The van der Waals surface area contributed by atoms with Gasteiger partial charge in [0.2, 0.25) is 0 Å². The molecule has 0 radical (unpaired) electrons. The number of carbonyl (C=O) groups is 1. The lowest BCUT2D eigenvalue weighted by atomic mass is 10.2. The van der Waals surface area contributed by atoms with Crippen molar-refractivity contribution in [2.45, 2.75) is 25.1 Å². The summed E-state index contributed by atoms with van der Waals surface area (Å²) in [5.41, 5.74) is 0.947. The fourth-order valence-corrected chi connectivity index (χ4v) is 2.29. The van der Waals surface area contributed by atoms with Crippen LogP contribution >= 0.6 is 0 Å². The molecule has 2 rings (SSSR count). The Hall–Kier alpha value is -1.46. The van der Waals surface area contributed by atoms with Crippen molar-refractivity contribution >= 4 is 5.97 Å². The Morgan fingerprint density at radius 3 is 2.94 bits per heavy atom. The molecule has 0 spiro atoms. The normalized spacial score (nSPS) is 24.1. The van der Waals surface area contributed by atoms with E-state index in [4.69, 9.17) is 9.47 Å². The molecular weight excluding hydrogens is 232 g/mol. The summed E-state index contributed by atoms with van der Waals surface area (Å²) in [6.07, 6.45) is 2.51. The molecule has 1 saturated heterocycles. The van der Waals surface area contributed by atoms with Crippen LogP contribution in [0.1, 0.15) is 12.1 Å². The van der Waals surface area contributed by atoms with Gasteiger partial charge in [-0.1, -0.05) is 6.07 Å². The van der Waals surface area contributed by atoms with Crippen LogP contribution in [0, 0.1) is 0 Å². The van der Waals surface area contributed by atoms with E-state index in [-0.39, 0.29) is 18.1 Å². The Morgan fingerprint density at radius 2 is 2.33 bits per heavy atom. The van der Waals surface area contributed by atoms with Gasteiger partial charge in [-0.25, -0.2) is 0 Å². The van der Waals surface area contributed by atoms with E-state index in [0.29, 0.717) is 13.0 Å². The Balaban J connectivity index is 2.07. The molecule has 1 aliphatic heterocycles. The first-order valence-corrected chi connectivity index (χ1v) is 5.99. The molecule has 2 heterocycles. The van der Waals surface area contributed by atoms with E-state index < -0.39 is 0 Å². The van der Waals surface area contributed by atoms with E-state index >= 15 is 0 Å². The zero-order valence-corrected chi connectivity index (χ0v) is 10.7. The number of ether oxygens (including phenoxy) is 2. The van der Waals surface area contributed by atoms with Gasteiger partial charge in [-0.05, 0) is 12.1 Å². The molecule has 2 atom stereocenters. The number of pyridine rings is 1. The van der Waals surface area contributed by atoms with Gasteiger partial charge in [0.05, 0.1) is 18.9 Å². The van der Waals surface area contributed by atoms with Crippen molar-refractivity contribution in [3.63, 3.8) is 0 Å². The Bertz CT molecular complexity index is 396. The third-order valence-corrected chi connectivity index (χ3v) is 3.26. The van der Waals surface area contributed by atoms with E-state index in [0.717, 1.165) is 12.2 Å². The minimum Gasteiger partial charge on any atom is -0.468 e. The zero-order chi connectivity index (χ0) is 13.0. The van der Waals surface area contributed by atoms with Crippen LogP contribution in [0.2, 0.25) is 0 Å². The number of methoxy groups -OCH3 is 2. The predicted octanol–water partition coefficient (Wildman–Crippen LogP) is 0.844. The summed E-state index contributed by atoms with van der Waals surface area (Å²) < 4.78 is 10.2. The van der Waals surface area contributed by atoms with E-state index in [9.17, 15) is 4.79 Å². The lowest BCUT2D eigenvalue weighted by molar-refractivity contribution is -0.146. The van der Waals surface area contributed by atoms with Crippen molar-refractivity contribution < 1.29 is 14.3 Å². The van der Waals surface area contributed by atoms with Crippen molar-refractivity contribution in [1.82, 2.24) is 9.88 Å². The predicted molar refractivity (Wildman–Crippen MR) is 65.9 cm³/mol. The highest BCUT2D eigenvalue weighted by Gasteiger charge is 2.37. The highest BCUT2D eigenvalue weighted by molar-refractivity contribution is 5.76. The number of hydrogen-bond acceptors (Lipinski definition) is 5. The smallest absolute Gasteiger partial charge is 0.323 e. The van der Waals surface area contributed by atoms with E-state index in [1.807, 2.05) is 18.2 Å². The van der Waals surface area contributed by atoms with Crippen LogP contribution in [0.4, 0.5) is 0 Å². The molecule has 0 unspecified atom stereocenters.